The molecule has 0 radical (unpaired) electrons. The molecule has 21 heavy (non-hydrogen) atoms. The van der Waals surface area contributed by atoms with Gasteiger partial charge in [0.05, 0.1) is 13.2 Å². The minimum atomic E-state index is -0.630. The maximum absolute atomic E-state index is 11.6. The summed E-state index contributed by atoms with van der Waals surface area (Å²) in [4.78, 5) is 27.4. The third-order valence-electron chi connectivity index (χ3n) is 2.67. The Labute approximate surface area is 124 Å². The molecule has 6 nitrogen and oxygen atoms in total. The summed E-state index contributed by atoms with van der Waals surface area (Å²) in [6, 6.07) is 8.69. The molecular formula is C15H20N2O4. The molecule has 1 aromatic carbocycles. The van der Waals surface area contributed by atoms with Crippen LogP contribution in [0.4, 0.5) is 4.79 Å². The molecule has 6 heteroatoms. The fourth-order valence-corrected chi connectivity index (χ4v) is 1.48. The zero-order chi connectivity index (χ0) is 15.5. The lowest BCUT2D eigenvalue weighted by molar-refractivity contribution is -0.109. The number of nitrogens with zero attached hydrogens (tertiary/aromatic N) is 1. The highest BCUT2D eigenvalue weighted by Gasteiger charge is 2.10. The van der Waals surface area contributed by atoms with Gasteiger partial charge in [0.25, 0.3) is 0 Å². The first-order chi connectivity index (χ1) is 10.2. The van der Waals surface area contributed by atoms with Crippen molar-refractivity contribution in [3.63, 3.8) is 0 Å². The van der Waals surface area contributed by atoms with Crippen LogP contribution in [-0.2, 0) is 21.0 Å². The largest absolute Gasteiger partial charge is 0.445 e. The quantitative estimate of drug-likeness (QED) is 0.585. The fourth-order valence-electron chi connectivity index (χ4n) is 1.48. The van der Waals surface area contributed by atoms with Gasteiger partial charge < -0.3 is 14.8 Å². The smallest absolute Gasteiger partial charge is 0.408 e. The van der Waals surface area contributed by atoms with E-state index in [-0.39, 0.29) is 6.61 Å². The fraction of sp³-hybridized carbons (Fsp3) is 0.333. The molecule has 1 atom stereocenters. The van der Waals surface area contributed by atoms with E-state index in [0.29, 0.717) is 12.7 Å². The van der Waals surface area contributed by atoms with Gasteiger partial charge in [-0.25, -0.2) is 4.79 Å². The number of hydroxylamine groups is 2. The summed E-state index contributed by atoms with van der Waals surface area (Å²) in [6.07, 6.45) is 3.79. The number of amides is 1. The van der Waals surface area contributed by atoms with Crippen LogP contribution < -0.4 is 5.32 Å². The molecule has 1 unspecified atom stereocenters. The molecule has 0 fully saturated rings. The topological polar surface area (TPSA) is 67.9 Å². The van der Waals surface area contributed by atoms with E-state index in [0.717, 1.165) is 5.56 Å². The summed E-state index contributed by atoms with van der Waals surface area (Å²) in [7, 11) is 3.24. The molecule has 1 N–H and O–H groups in total. The summed E-state index contributed by atoms with van der Waals surface area (Å²) >= 11 is 0. The van der Waals surface area contributed by atoms with Gasteiger partial charge in [-0.2, -0.15) is 0 Å². The Morgan fingerprint density at radius 3 is 2.71 bits per heavy atom. The molecule has 1 rings (SSSR count). The molecule has 0 aliphatic carbocycles. The van der Waals surface area contributed by atoms with Crippen molar-refractivity contribution < 1.29 is 19.2 Å². The van der Waals surface area contributed by atoms with Crippen molar-refractivity contribution in [3.8, 4) is 0 Å². The molecule has 114 valence electrons. The Morgan fingerprint density at radius 1 is 1.38 bits per heavy atom. The number of hydrogen-bond acceptors (Lipinski definition) is 5. The second-order valence-corrected chi connectivity index (χ2v) is 4.30. The summed E-state index contributed by atoms with van der Waals surface area (Å²) in [5, 5.41) is 3.97. The average Bonchev–Trinajstić information content (AvgIpc) is 2.52. The van der Waals surface area contributed by atoms with Gasteiger partial charge in [0.1, 0.15) is 12.9 Å². The lowest BCUT2D eigenvalue weighted by atomic mass is 10.2. The van der Waals surface area contributed by atoms with E-state index in [9.17, 15) is 9.59 Å². The Morgan fingerprint density at radius 2 is 2.10 bits per heavy atom. The number of benzene rings is 1. The highest BCUT2D eigenvalue weighted by atomic mass is 16.7. The Kier molecular flexibility index (Phi) is 7.60. The lowest BCUT2D eigenvalue weighted by Gasteiger charge is -2.12. The van der Waals surface area contributed by atoms with Crippen LogP contribution in [0.25, 0.3) is 0 Å². The van der Waals surface area contributed by atoms with Gasteiger partial charge in [0.15, 0.2) is 0 Å². The van der Waals surface area contributed by atoms with Crippen LogP contribution in [0, 0.1) is 0 Å². The summed E-state index contributed by atoms with van der Waals surface area (Å²) in [6.45, 7) is 0.167. The minimum absolute atomic E-state index is 0.167. The number of rotatable bonds is 8. The van der Waals surface area contributed by atoms with Crippen LogP contribution in [0.15, 0.2) is 42.6 Å². The first-order valence-electron chi connectivity index (χ1n) is 6.51. The third-order valence-corrected chi connectivity index (χ3v) is 2.67. The number of aldehydes is 1. The summed E-state index contributed by atoms with van der Waals surface area (Å²) in [5.74, 6) is 0. The van der Waals surface area contributed by atoms with Gasteiger partial charge in [-0.05, 0) is 12.0 Å². The van der Waals surface area contributed by atoms with E-state index in [1.807, 2.05) is 30.3 Å². The van der Waals surface area contributed by atoms with E-state index in [1.54, 1.807) is 19.3 Å². The third kappa shape index (κ3) is 7.12. The van der Waals surface area contributed by atoms with E-state index in [1.165, 1.54) is 12.2 Å². The molecule has 0 saturated carbocycles. The van der Waals surface area contributed by atoms with Crippen molar-refractivity contribution in [3.05, 3.63) is 48.2 Å². The highest BCUT2D eigenvalue weighted by molar-refractivity contribution is 5.73. The predicted octanol–water partition coefficient (Wildman–Crippen LogP) is 1.88. The zero-order valence-corrected chi connectivity index (χ0v) is 12.2. The molecule has 0 aliphatic rings. The molecule has 0 bridgehead atoms. The SMILES string of the molecule is CON(C)C=CCC(C=O)NC(=O)OCc1ccccc1. The molecular weight excluding hydrogens is 272 g/mol. The van der Waals surface area contributed by atoms with Crippen molar-refractivity contribution in [1.82, 2.24) is 10.4 Å². The molecule has 0 aliphatic heterocycles. The second-order valence-electron chi connectivity index (χ2n) is 4.30. The Hall–Kier alpha value is -2.34. The van der Waals surface area contributed by atoms with E-state index in [4.69, 9.17) is 9.57 Å². The van der Waals surface area contributed by atoms with E-state index in [2.05, 4.69) is 5.32 Å². The van der Waals surface area contributed by atoms with Crippen molar-refractivity contribution in [2.45, 2.75) is 19.1 Å². The first-order valence-corrected chi connectivity index (χ1v) is 6.51. The van der Waals surface area contributed by atoms with Crippen LogP contribution in [0.3, 0.4) is 0 Å². The number of carbonyl (C=O) groups excluding carboxylic acids is 2. The summed E-state index contributed by atoms with van der Waals surface area (Å²) < 4.78 is 5.04. The van der Waals surface area contributed by atoms with Gasteiger partial charge in [0, 0.05) is 13.2 Å². The zero-order valence-electron chi connectivity index (χ0n) is 12.2. The van der Waals surface area contributed by atoms with Crippen LogP contribution in [0.2, 0.25) is 0 Å². The highest BCUT2D eigenvalue weighted by Crippen LogP contribution is 2.01. The van der Waals surface area contributed by atoms with Gasteiger partial charge in [-0.15, -0.1) is 0 Å². The van der Waals surface area contributed by atoms with Crippen LogP contribution in [0.1, 0.15) is 12.0 Å². The van der Waals surface area contributed by atoms with Gasteiger partial charge in [-0.1, -0.05) is 36.4 Å². The predicted molar refractivity (Wildman–Crippen MR) is 78.1 cm³/mol. The maximum atomic E-state index is 11.6. The van der Waals surface area contributed by atoms with Crippen molar-refractivity contribution in [2.75, 3.05) is 14.2 Å². The van der Waals surface area contributed by atoms with Gasteiger partial charge in [0.2, 0.25) is 0 Å². The molecule has 0 spiro atoms. The molecule has 0 heterocycles. The van der Waals surface area contributed by atoms with Crippen molar-refractivity contribution in [1.29, 1.82) is 0 Å². The second kappa shape index (κ2) is 9.55. The van der Waals surface area contributed by atoms with Crippen LogP contribution in [-0.4, -0.2) is 37.6 Å². The standard InChI is InChI=1S/C15H20N2O4/c1-17(20-2)10-6-9-14(11-18)16-15(19)21-12-13-7-4-3-5-8-13/h3-8,10-11,14H,9,12H2,1-2H3,(H,16,19). The van der Waals surface area contributed by atoms with Crippen LogP contribution in [0.5, 0.6) is 0 Å². The Balaban J connectivity index is 2.33. The minimum Gasteiger partial charge on any atom is -0.445 e. The molecule has 0 saturated heterocycles. The number of hydrogen-bond donors (Lipinski definition) is 1. The number of carbonyl (C=O) groups is 2. The lowest BCUT2D eigenvalue weighted by Crippen LogP contribution is -2.36. The van der Waals surface area contributed by atoms with E-state index < -0.39 is 12.1 Å². The number of nitrogens with one attached hydrogen (secondary N) is 1. The normalized spacial score (nSPS) is 11.9. The first kappa shape index (κ1) is 16.7. The molecule has 1 amide bonds. The van der Waals surface area contributed by atoms with Crippen molar-refractivity contribution in [2.24, 2.45) is 0 Å². The van der Waals surface area contributed by atoms with Crippen molar-refractivity contribution >= 4 is 12.4 Å². The monoisotopic (exact) mass is 292 g/mol. The average molecular weight is 292 g/mol. The Bertz CT molecular complexity index is 462. The van der Waals surface area contributed by atoms with Gasteiger partial charge >= 0.3 is 6.09 Å². The molecule has 0 aromatic heterocycles. The van der Waals surface area contributed by atoms with Gasteiger partial charge in [-0.3, -0.25) is 9.90 Å². The van der Waals surface area contributed by atoms with E-state index >= 15 is 0 Å². The number of ether oxygens (including phenoxy) is 1. The number of alkyl carbamates (subject to hydrolysis) is 1. The maximum Gasteiger partial charge on any atom is 0.408 e. The summed E-state index contributed by atoms with van der Waals surface area (Å²) in [5.41, 5.74) is 0.886. The molecule has 1 aromatic rings. The van der Waals surface area contributed by atoms with Crippen LogP contribution >= 0.6 is 0 Å².